The number of thioether (sulfide) groups is 1. The number of nitrogens with one attached hydrogen (secondary N) is 1. The number of benzene rings is 2. The van der Waals surface area contributed by atoms with Crippen LogP contribution in [0.25, 0.3) is 0 Å². The van der Waals surface area contributed by atoms with Crippen LogP contribution in [0, 0.1) is 6.92 Å². The first-order valence-electron chi connectivity index (χ1n) is 10.6. The van der Waals surface area contributed by atoms with E-state index in [2.05, 4.69) is 24.4 Å². The van der Waals surface area contributed by atoms with Gasteiger partial charge in [0.2, 0.25) is 11.8 Å². The van der Waals surface area contributed by atoms with Crippen LogP contribution in [-0.2, 0) is 21.9 Å². The van der Waals surface area contributed by atoms with E-state index in [1.54, 1.807) is 16.7 Å². The molecule has 168 valence electrons. The zero-order valence-electron chi connectivity index (χ0n) is 19.1. The van der Waals surface area contributed by atoms with Crippen molar-refractivity contribution in [2.24, 2.45) is 0 Å². The van der Waals surface area contributed by atoms with Crippen molar-refractivity contribution in [2.45, 2.75) is 64.9 Å². The Morgan fingerprint density at radius 1 is 1.06 bits per heavy atom. The van der Waals surface area contributed by atoms with Gasteiger partial charge in [0.05, 0.1) is 5.75 Å². The monoisotopic (exact) mass is 460 g/mol. The molecule has 0 aliphatic heterocycles. The summed E-state index contributed by atoms with van der Waals surface area (Å²) >= 11 is 7.93. The van der Waals surface area contributed by atoms with Crippen molar-refractivity contribution in [1.29, 1.82) is 0 Å². The van der Waals surface area contributed by atoms with Gasteiger partial charge >= 0.3 is 0 Å². The number of carbonyl (C=O) groups is 2. The van der Waals surface area contributed by atoms with E-state index < -0.39 is 6.04 Å². The molecule has 0 aromatic heterocycles. The lowest BCUT2D eigenvalue weighted by atomic mass is 10.1. The Morgan fingerprint density at radius 2 is 1.68 bits per heavy atom. The molecule has 1 N–H and O–H groups in total. The van der Waals surface area contributed by atoms with Crippen LogP contribution >= 0.6 is 23.4 Å². The molecule has 0 radical (unpaired) electrons. The van der Waals surface area contributed by atoms with E-state index in [9.17, 15) is 9.59 Å². The Morgan fingerprint density at radius 3 is 2.26 bits per heavy atom. The third-order valence-electron chi connectivity index (χ3n) is 4.93. The normalized spacial score (nSPS) is 12.3. The molecular formula is C25H33ClN2O2S. The lowest BCUT2D eigenvalue weighted by molar-refractivity contribution is -0.140. The minimum atomic E-state index is -0.554. The molecule has 0 saturated heterocycles. The maximum Gasteiger partial charge on any atom is 0.243 e. The van der Waals surface area contributed by atoms with Crippen LogP contribution in [0.3, 0.4) is 0 Å². The Labute approximate surface area is 195 Å². The van der Waals surface area contributed by atoms with E-state index in [0.29, 0.717) is 23.7 Å². The van der Waals surface area contributed by atoms with E-state index in [4.69, 9.17) is 11.6 Å². The highest BCUT2D eigenvalue weighted by Crippen LogP contribution is 2.22. The summed E-state index contributed by atoms with van der Waals surface area (Å²) in [6.45, 7) is 10.1. The van der Waals surface area contributed by atoms with Crippen LogP contribution in [0.1, 0.15) is 50.8 Å². The van der Waals surface area contributed by atoms with Crippen LogP contribution in [0.2, 0.25) is 5.02 Å². The van der Waals surface area contributed by atoms with Gasteiger partial charge in [0.25, 0.3) is 0 Å². The second kappa shape index (κ2) is 11.6. The summed E-state index contributed by atoms with van der Waals surface area (Å²) in [7, 11) is 0. The van der Waals surface area contributed by atoms with Gasteiger partial charge in [-0.25, -0.2) is 0 Å². The molecule has 0 unspecified atom stereocenters. The van der Waals surface area contributed by atoms with E-state index in [1.807, 2.05) is 64.1 Å². The van der Waals surface area contributed by atoms with Crippen LogP contribution in [-0.4, -0.2) is 34.0 Å². The van der Waals surface area contributed by atoms with Crippen LogP contribution in [0.15, 0.2) is 48.5 Å². The minimum absolute atomic E-state index is 0.0607. The lowest BCUT2D eigenvalue weighted by Crippen LogP contribution is -2.53. The molecule has 31 heavy (non-hydrogen) atoms. The predicted molar refractivity (Wildman–Crippen MR) is 131 cm³/mol. The number of rotatable bonds is 9. The Kier molecular flexibility index (Phi) is 9.45. The van der Waals surface area contributed by atoms with Crippen LogP contribution in [0.4, 0.5) is 0 Å². The minimum Gasteiger partial charge on any atom is -0.350 e. The van der Waals surface area contributed by atoms with Crippen molar-refractivity contribution < 1.29 is 9.59 Å². The topological polar surface area (TPSA) is 49.4 Å². The molecule has 0 saturated carbocycles. The van der Waals surface area contributed by atoms with Crippen molar-refractivity contribution in [3.8, 4) is 0 Å². The SMILES string of the molecule is CC[C@@H](C(=O)NC(C)(C)C)N(Cc1ccccc1Cl)C(=O)CSCc1ccccc1C. The molecule has 0 heterocycles. The molecule has 6 heteroatoms. The molecule has 2 amide bonds. The Hall–Kier alpha value is -1.98. The van der Waals surface area contributed by atoms with Crippen molar-refractivity contribution in [1.82, 2.24) is 10.2 Å². The standard InChI is InChI=1S/C25H33ClN2O2S/c1-6-22(24(30)27-25(3,4)5)28(15-19-12-9-10-14-21(19)26)23(29)17-31-16-20-13-8-7-11-18(20)2/h7-14,22H,6,15-17H2,1-5H3,(H,27,30)/t22-/m0/s1. The van der Waals surface area contributed by atoms with Crippen molar-refractivity contribution in [3.63, 3.8) is 0 Å². The number of hydrogen-bond acceptors (Lipinski definition) is 3. The number of amides is 2. The fourth-order valence-electron chi connectivity index (χ4n) is 3.29. The maximum atomic E-state index is 13.3. The van der Waals surface area contributed by atoms with Gasteiger partial charge in [-0.15, -0.1) is 11.8 Å². The van der Waals surface area contributed by atoms with Crippen LogP contribution < -0.4 is 5.32 Å². The zero-order chi connectivity index (χ0) is 23.0. The first-order valence-corrected chi connectivity index (χ1v) is 12.1. The maximum absolute atomic E-state index is 13.3. The molecule has 1 atom stereocenters. The highest BCUT2D eigenvalue weighted by atomic mass is 35.5. The van der Waals surface area contributed by atoms with Gasteiger partial charge in [0.1, 0.15) is 6.04 Å². The average molecular weight is 461 g/mol. The number of aryl methyl sites for hydroxylation is 1. The molecule has 2 aromatic rings. The molecule has 4 nitrogen and oxygen atoms in total. The first-order chi connectivity index (χ1) is 14.6. The fraction of sp³-hybridized carbons (Fsp3) is 0.440. The summed E-state index contributed by atoms with van der Waals surface area (Å²) < 4.78 is 0. The molecule has 0 spiro atoms. The molecule has 2 rings (SSSR count). The summed E-state index contributed by atoms with van der Waals surface area (Å²) in [6, 6.07) is 15.1. The highest BCUT2D eigenvalue weighted by molar-refractivity contribution is 7.99. The van der Waals surface area contributed by atoms with Gasteiger partial charge < -0.3 is 10.2 Å². The second-order valence-corrected chi connectivity index (χ2v) is 10.1. The van der Waals surface area contributed by atoms with Gasteiger partial charge in [-0.3, -0.25) is 9.59 Å². The third kappa shape index (κ3) is 7.89. The molecule has 0 fully saturated rings. The predicted octanol–water partition coefficient (Wildman–Crippen LogP) is 5.60. The second-order valence-electron chi connectivity index (χ2n) is 8.70. The van der Waals surface area contributed by atoms with Gasteiger partial charge in [-0.1, -0.05) is 61.0 Å². The van der Waals surface area contributed by atoms with Gasteiger partial charge in [0.15, 0.2) is 0 Å². The molecular weight excluding hydrogens is 428 g/mol. The quantitative estimate of drug-likeness (QED) is 0.529. The van der Waals surface area contributed by atoms with Gasteiger partial charge in [-0.05, 0) is 56.9 Å². The summed E-state index contributed by atoms with van der Waals surface area (Å²) in [5, 5.41) is 3.62. The Bertz CT molecular complexity index is 895. The van der Waals surface area contributed by atoms with Crippen LogP contribution in [0.5, 0.6) is 0 Å². The van der Waals surface area contributed by atoms with E-state index in [0.717, 1.165) is 11.3 Å². The van der Waals surface area contributed by atoms with Gasteiger partial charge in [0, 0.05) is 22.9 Å². The molecule has 0 aliphatic rings. The van der Waals surface area contributed by atoms with E-state index in [-0.39, 0.29) is 17.4 Å². The molecule has 0 aliphatic carbocycles. The number of halogens is 1. The summed E-state index contributed by atoms with van der Waals surface area (Å²) in [6.07, 6.45) is 0.528. The molecule has 2 aromatic carbocycles. The summed E-state index contributed by atoms with van der Waals surface area (Å²) in [5.74, 6) is 0.857. The van der Waals surface area contributed by atoms with Gasteiger partial charge in [-0.2, -0.15) is 0 Å². The zero-order valence-corrected chi connectivity index (χ0v) is 20.6. The number of nitrogens with zero attached hydrogens (tertiary/aromatic N) is 1. The van der Waals surface area contributed by atoms with E-state index >= 15 is 0 Å². The Balaban J connectivity index is 2.19. The number of carbonyl (C=O) groups excluding carboxylic acids is 2. The first kappa shape index (κ1) is 25.3. The summed E-state index contributed by atoms with van der Waals surface area (Å²) in [5.41, 5.74) is 2.90. The van der Waals surface area contributed by atoms with Crippen molar-refractivity contribution >= 4 is 35.2 Å². The third-order valence-corrected chi connectivity index (χ3v) is 6.26. The van der Waals surface area contributed by atoms with Crippen molar-refractivity contribution in [3.05, 3.63) is 70.2 Å². The highest BCUT2D eigenvalue weighted by Gasteiger charge is 2.30. The fourth-order valence-corrected chi connectivity index (χ4v) is 4.47. The smallest absolute Gasteiger partial charge is 0.243 e. The number of hydrogen-bond donors (Lipinski definition) is 1. The van der Waals surface area contributed by atoms with Crippen molar-refractivity contribution in [2.75, 3.05) is 5.75 Å². The van der Waals surface area contributed by atoms with E-state index in [1.165, 1.54) is 11.1 Å². The molecule has 0 bridgehead atoms. The average Bonchev–Trinajstić information content (AvgIpc) is 2.69. The summed E-state index contributed by atoms with van der Waals surface area (Å²) in [4.78, 5) is 28.0. The largest absolute Gasteiger partial charge is 0.350 e. The lowest BCUT2D eigenvalue weighted by Gasteiger charge is -2.33.